The summed E-state index contributed by atoms with van der Waals surface area (Å²) >= 11 is 0. The molecule has 0 saturated heterocycles. The fourth-order valence-corrected chi connectivity index (χ4v) is 4.34. The zero-order valence-corrected chi connectivity index (χ0v) is 21.1. The Labute approximate surface area is 191 Å². The zero-order valence-electron chi connectivity index (χ0n) is 18.3. The Bertz CT molecular complexity index is 401. The third-order valence-electron chi connectivity index (χ3n) is 5.32. The molecule has 0 fully saturated rings. The van der Waals surface area contributed by atoms with Crippen molar-refractivity contribution in [1.82, 2.24) is 0 Å². The summed E-state index contributed by atoms with van der Waals surface area (Å²) in [6, 6.07) is 0. The maximum atomic E-state index is 11.4. The van der Waals surface area contributed by atoms with Crippen LogP contribution in [-0.2, 0) is 10.1 Å². The number of rotatable bonds is 19. The van der Waals surface area contributed by atoms with E-state index in [1.54, 1.807) is 0 Å². The Morgan fingerprint density at radius 3 is 1.52 bits per heavy atom. The number of hydrogen-bond donors (Lipinski definition) is 1. The normalized spacial score (nSPS) is 13.9. The van der Waals surface area contributed by atoms with Crippen molar-refractivity contribution in [3.05, 3.63) is 0 Å². The van der Waals surface area contributed by atoms with Crippen LogP contribution in [0, 0.1) is 0 Å². The van der Waals surface area contributed by atoms with Gasteiger partial charge in [-0.3, -0.25) is 0 Å². The first-order chi connectivity index (χ1) is 12.4. The van der Waals surface area contributed by atoms with Gasteiger partial charge in [-0.15, -0.1) is 0 Å². The van der Waals surface area contributed by atoms with Gasteiger partial charge in [-0.1, -0.05) is 90.9 Å². The summed E-state index contributed by atoms with van der Waals surface area (Å²) in [7, 11) is -4.22. The van der Waals surface area contributed by atoms with Gasteiger partial charge in [0.2, 0.25) is 0 Å². The smallest absolute Gasteiger partial charge is 0.748 e. The van der Waals surface area contributed by atoms with Crippen LogP contribution in [0.25, 0.3) is 0 Å². The van der Waals surface area contributed by atoms with E-state index in [0.717, 1.165) is 19.3 Å². The van der Waals surface area contributed by atoms with Gasteiger partial charge in [0.25, 0.3) is 0 Å². The summed E-state index contributed by atoms with van der Waals surface area (Å²) < 4.78 is 34.2. The van der Waals surface area contributed by atoms with Crippen LogP contribution in [0.5, 0.6) is 0 Å². The molecule has 2 unspecified atom stereocenters. The van der Waals surface area contributed by atoms with E-state index in [-0.39, 0.29) is 35.7 Å². The molecule has 27 heavy (non-hydrogen) atoms. The molecule has 0 aromatic carbocycles. The third-order valence-corrected chi connectivity index (χ3v) is 6.61. The van der Waals surface area contributed by atoms with Gasteiger partial charge in [-0.2, -0.15) is 0 Å². The zero-order chi connectivity index (χ0) is 19.7. The van der Waals surface area contributed by atoms with E-state index in [2.05, 4.69) is 6.92 Å². The van der Waals surface area contributed by atoms with Gasteiger partial charge in [0.1, 0.15) is 0 Å². The molecule has 6 heteroatoms. The van der Waals surface area contributed by atoms with Crippen molar-refractivity contribution >= 4 is 10.1 Å². The van der Waals surface area contributed by atoms with Gasteiger partial charge in [0.15, 0.2) is 0 Å². The van der Waals surface area contributed by atoms with Crippen LogP contribution < -0.4 is 29.6 Å². The van der Waals surface area contributed by atoms with Gasteiger partial charge in [0, 0.05) is 5.25 Å². The van der Waals surface area contributed by atoms with Gasteiger partial charge < -0.3 is 9.66 Å². The average Bonchev–Trinajstić information content (AvgIpc) is 2.59. The van der Waals surface area contributed by atoms with Crippen LogP contribution in [0.15, 0.2) is 0 Å². The minimum absolute atomic E-state index is 0. The summed E-state index contributed by atoms with van der Waals surface area (Å²) in [6.07, 6.45) is 17.2. The van der Waals surface area contributed by atoms with E-state index >= 15 is 0 Å². The molecule has 0 aliphatic rings. The first kappa shape index (κ1) is 30.1. The van der Waals surface area contributed by atoms with E-state index in [1.165, 1.54) is 57.8 Å². The molecule has 158 valence electrons. The Morgan fingerprint density at radius 1 is 0.704 bits per heavy atom. The largest absolute Gasteiger partial charge is 1.00 e. The van der Waals surface area contributed by atoms with Crippen LogP contribution in [0.1, 0.15) is 123 Å². The first-order valence-corrected chi connectivity index (χ1v) is 12.5. The predicted molar refractivity (Wildman–Crippen MR) is 109 cm³/mol. The molecule has 2 atom stereocenters. The molecule has 0 bridgehead atoms. The second-order valence-electron chi connectivity index (χ2n) is 7.79. The molecular weight excluding hydrogens is 371 g/mol. The van der Waals surface area contributed by atoms with Crippen LogP contribution >= 0.6 is 0 Å². The summed E-state index contributed by atoms with van der Waals surface area (Å²) in [4.78, 5) is 0. The monoisotopic (exact) mass is 414 g/mol. The van der Waals surface area contributed by atoms with E-state index in [0.29, 0.717) is 32.1 Å². The van der Waals surface area contributed by atoms with Crippen LogP contribution in [0.4, 0.5) is 0 Å². The molecule has 0 aromatic rings. The number of hydrogen-bond acceptors (Lipinski definition) is 4. The summed E-state index contributed by atoms with van der Waals surface area (Å²) in [5.41, 5.74) is 0. The van der Waals surface area contributed by atoms with Crippen molar-refractivity contribution in [3.8, 4) is 0 Å². The van der Waals surface area contributed by atoms with Crippen LogP contribution in [-0.4, -0.2) is 29.4 Å². The van der Waals surface area contributed by atoms with Gasteiger partial charge in [-0.25, -0.2) is 8.42 Å². The Morgan fingerprint density at radius 2 is 1.11 bits per heavy atom. The van der Waals surface area contributed by atoms with Crippen LogP contribution in [0.3, 0.4) is 0 Å². The van der Waals surface area contributed by atoms with Gasteiger partial charge in [0.05, 0.1) is 16.2 Å². The summed E-state index contributed by atoms with van der Waals surface area (Å²) in [5, 5.41) is 8.77. The molecule has 0 aliphatic carbocycles. The minimum atomic E-state index is -4.22. The fraction of sp³-hybridized carbons (Fsp3) is 1.00. The Hall–Kier alpha value is 0.870. The SMILES string of the molecule is CCCCCCCCCCCCCCC(CCCC(O)CC)S(=O)(=O)[O-].[Na+]. The number of unbranched alkanes of at least 4 members (excludes halogenated alkanes) is 11. The van der Waals surface area contributed by atoms with Crippen molar-refractivity contribution in [3.63, 3.8) is 0 Å². The van der Waals surface area contributed by atoms with Gasteiger partial charge >= 0.3 is 29.6 Å². The molecule has 0 aliphatic heterocycles. The fourth-order valence-electron chi connectivity index (χ4n) is 3.43. The molecule has 0 saturated carbocycles. The summed E-state index contributed by atoms with van der Waals surface area (Å²) in [5.74, 6) is 0. The van der Waals surface area contributed by atoms with Crippen molar-refractivity contribution in [2.24, 2.45) is 0 Å². The van der Waals surface area contributed by atoms with E-state index < -0.39 is 15.4 Å². The molecule has 4 nitrogen and oxygen atoms in total. The standard InChI is InChI=1S/C21H44O4S.Na/c1-3-5-6-7-8-9-10-11-12-13-14-15-18-21(26(23,24)25)19-16-17-20(22)4-2;/h20-22H,3-19H2,1-2H3,(H,23,24,25);/q;+1/p-1. The topological polar surface area (TPSA) is 77.4 Å². The maximum Gasteiger partial charge on any atom is 1.00 e. The van der Waals surface area contributed by atoms with Crippen molar-refractivity contribution in [2.45, 2.75) is 134 Å². The molecular formula is C21H43NaO4S. The Balaban J connectivity index is 0. The maximum absolute atomic E-state index is 11.4. The Kier molecular flexibility index (Phi) is 22.4. The van der Waals surface area contributed by atoms with E-state index in [4.69, 9.17) is 0 Å². The number of aliphatic hydroxyl groups is 1. The molecule has 0 spiro atoms. The quantitative estimate of drug-likeness (QED) is 0.200. The minimum Gasteiger partial charge on any atom is -0.748 e. The van der Waals surface area contributed by atoms with Crippen molar-refractivity contribution in [2.75, 3.05) is 0 Å². The molecule has 0 amide bonds. The molecule has 0 rings (SSSR count). The third kappa shape index (κ3) is 19.9. The van der Waals surface area contributed by atoms with Gasteiger partial charge in [-0.05, 0) is 32.1 Å². The van der Waals surface area contributed by atoms with Crippen molar-refractivity contribution < 1.29 is 47.6 Å². The first-order valence-electron chi connectivity index (χ1n) is 11.0. The van der Waals surface area contributed by atoms with Crippen LogP contribution in [0.2, 0.25) is 0 Å². The second-order valence-corrected chi connectivity index (χ2v) is 9.44. The van der Waals surface area contributed by atoms with E-state index in [9.17, 15) is 18.1 Å². The number of aliphatic hydroxyl groups excluding tert-OH is 1. The average molecular weight is 415 g/mol. The molecule has 0 heterocycles. The molecule has 0 radical (unpaired) electrons. The molecule has 1 N–H and O–H groups in total. The van der Waals surface area contributed by atoms with E-state index in [1.807, 2.05) is 6.92 Å². The van der Waals surface area contributed by atoms with Crippen molar-refractivity contribution in [1.29, 1.82) is 0 Å². The summed E-state index contributed by atoms with van der Waals surface area (Å²) in [6.45, 7) is 4.14. The predicted octanol–water partition coefficient (Wildman–Crippen LogP) is 2.94. The second kappa shape index (κ2) is 20.2. The molecule has 0 aromatic heterocycles.